The zero-order chi connectivity index (χ0) is 21.6. The number of nitro groups is 1. The molecular weight excluding hydrogens is 424 g/mol. The van der Waals surface area contributed by atoms with E-state index in [-0.39, 0.29) is 18.0 Å². The number of anilines is 1. The summed E-state index contributed by atoms with van der Waals surface area (Å²) in [5.74, 6) is -0.769. The Hall–Kier alpha value is -2.09. The summed E-state index contributed by atoms with van der Waals surface area (Å²) in [6.07, 6.45) is 0.703. The second-order valence-electron chi connectivity index (χ2n) is 6.52. The van der Waals surface area contributed by atoms with Gasteiger partial charge in [-0.3, -0.25) is 19.0 Å². The van der Waals surface area contributed by atoms with E-state index in [0.717, 1.165) is 4.31 Å². The first-order chi connectivity index (χ1) is 13.8. The van der Waals surface area contributed by atoms with Crippen molar-refractivity contribution in [3.8, 4) is 0 Å². The van der Waals surface area contributed by atoms with Crippen LogP contribution >= 0.6 is 11.9 Å². The van der Waals surface area contributed by atoms with Crippen molar-refractivity contribution in [1.82, 2.24) is 4.90 Å². The first-order valence-corrected chi connectivity index (χ1v) is 10.6. The number of nitro benzene ring substituents is 1. The molecule has 0 spiro atoms. The summed E-state index contributed by atoms with van der Waals surface area (Å²) in [6.45, 7) is 2.74. The van der Waals surface area contributed by atoms with Crippen LogP contribution in [0.1, 0.15) is 19.8 Å². The van der Waals surface area contributed by atoms with Crippen molar-refractivity contribution in [3.63, 3.8) is 0 Å². The van der Waals surface area contributed by atoms with Crippen molar-refractivity contribution in [1.29, 1.82) is 0 Å². The Bertz CT molecular complexity index is 769. The number of benzene rings is 1. The predicted molar refractivity (Wildman–Crippen MR) is 110 cm³/mol. The largest absolute Gasteiger partial charge is 0.464 e. The number of non-ortho nitro benzene ring substituents is 1. The third kappa shape index (κ3) is 5.29. The molecule has 2 rings (SSSR count). The van der Waals surface area contributed by atoms with Crippen LogP contribution in [-0.4, -0.2) is 62.1 Å². The molecule has 2 atom stereocenters. The lowest BCUT2D eigenvalue weighted by atomic mass is 9.87. The van der Waals surface area contributed by atoms with E-state index in [1.807, 2.05) is 11.9 Å². The van der Waals surface area contributed by atoms with E-state index >= 15 is 0 Å². The molecule has 29 heavy (non-hydrogen) atoms. The summed E-state index contributed by atoms with van der Waals surface area (Å²) < 4.78 is 30.2. The Morgan fingerprint density at radius 2 is 2.03 bits per heavy atom. The highest BCUT2D eigenvalue weighted by Crippen LogP contribution is 2.43. The lowest BCUT2D eigenvalue weighted by molar-refractivity contribution is -0.384. The lowest BCUT2D eigenvalue weighted by Gasteiger charge is -2.45. The normalized spacial score (nSPS) is 18.4. The Labute approximate surface area is 174 Å². The summed E-state index contributed by atoms with van der Waals surface area (Å²) in [6, 6.07) is 3.60. The van der Waals surface area contributed by atoms with E-state index in [0.29, 0.717) is 37.9 Å². The molecule has 2 unspecified atom stereocenters. The molecule has 0 aromatic heterocycles. The number of carbonyl (C=O) groups is 1. The number of esters is 1. The van der Waals surface area contributed by atoms with Crippen LogP contribution in [0.2, 0.25) is 0 Å². The predicted octanol–water partition coefficient (Wildman–Crippen LogP) is 2.35. The minimum absolute atomic E-state index is 0.0384. The SMILES string of the molecule is CCOC(=O)C(N(c1ccc([N+](=O)[O-])cc1)S(=O)O)C1(SN=O)CCN(C)CC1. The van der Waals surface area contributed by atoms with Crippen molar-refractivity contribution in [2.75, 3.05) is 31.0 Å². The standard InChI is InChI=1S/C16H22N4O7S2/c1-3-27-15(21)14(16(28-17-22)8-10-18(2)11-9-16)19(29(25)26)12-4-6-13(7-5-12)20(23)24/h4-7,14H,3,8-11H2,1-2H3,(H,25,26). The van der Waals surface area contributed by atoms with Gasteiger partial charge in [-0.05, 0) is 52.0 Å². The quantitative estimate of drug-likeness (QED) is 0.151. The molecular formula is C16H22N4O7S2. The van der Waals surface area contributed by atoms with E-state index < -0.39 is 32.9 Å². The number of hydrogen-bond donors (Lipinski definition) is 1. The van der Waals surface area contributed by atoms with Crippen LogP contribution in [0, 0.1) is 15.0 Å². The van der Waals surface area contributed by atoms with Gasteiger partial charge in [0.2, 0.25) is 0 Å². The number of carbonyl (C=O) groups excluding carboxylic acids is 1. The second kappa shape index (κ2) is 10.1. The molecule has 1 saturated heterocycles. The Morgan fingerprint density at radius 1 is 1.45 bits per heavy atom. The minimum Gasteiger partial charge on any atom is -0.464 e. The van der Waals surface area contributed by atoms with E-state index in [9.17, 15) is 28.6 Å². The summed E-state index contributed by atoms with van der Waals surface area (Å²) in [4.78, 5) is 36.4. The highest BCUT2D eigenvalue weighted by Gasteiger charge is 2.52. The third-order valence-electron chi connectivity index (χ3n) is 4.78. The Kier molecular flexibility index (Phi) is 8.07. The number of ether oxygens (including phenoxy) is 1. The molecule has 1 aliphatic rings. The molecule has 1 fully saturated rings. The smallest absolute Gasteiger partial charge is 0.331 e. The first kappa shape index (κ1) is 23.2. The number of rotatable bonds is 9. The molecule has 11 nitrogen and oxygen atoms in total. The van der Waals surface area contributed by atoms with Crippen LogP contribution in [0.5, 0.6) is 0 Å². The molecule has 1 N–H and O–H groups in total. The molecule has 1 aliphatic heterocycles. The maximum atomic E-state index is 12.9. The maximum Gasteiger partial charge on any atom is 0.331 e. The molecule has 1 aromatic carbocycles. The topological polar surface area (TPSA) is 143 Å². The highest BCUT2D eigenvalue weighted by atomic mass is 32.2. The Balaban J connectivity index is 2.56. The molecule has 1 aromatic rings. The second-order valence-corrected chi connectivity index (χ2v) is 8.52. The summed E-state index contributed by atoms with van der Waals surface area (Å²) in [5, 5.41) is 10.9. The minimum atomic E-state index is -2.67. The van der Waals surface area contributed by atoms with Gasteiger partial charge in [0.1, 0.15) is 0 Å². The summed E-state index contributed by atoms with van der Waals surface area (Å²) >= 11 is -2.01. The molecule has 160 valence electrons. The monoisotopic (exact) mass is 446 g/mol. The van der Waals surface area contributed by atoms with Crippen molar-refractivity contribution in [2.45, 2.75) is 30.6 Å². The van der Waals surface area contributed by atoms with E-state index in [1.54, 1.807) is 6.92 Å². The average Bonchev–Trinajstić information content (AvgIpc) is 2.68. The van der Waals surface area contributed by atoms with Gasteiger partial charge in [0.05, 0.1) is 22.0 Å². The highest BCUT2D eigenvalue weighted by molar-refractivity contribution is 7.99. The van der Waals surface area contributed by atoms with Crippen molar-refractivity contribution in [2.24, 2.45) is 4.58 Å². The van der Waals surface area contributed by atoms with Crippen molar-refractivity contribution < 1.29 is 23.2 Å². The average molecular weight is 447 g/mol. The number of hydrogen-bond acceptors (Lipinski definition) is 9. The van der Waals surface area contributed by atoms with E-state index in [1.165, 1.54) is 24.3 Å². The number of nitroso groups, excluding NO2 is 1. The van der Waals surface area contributed by atoms with Gasteiger partial charge >= 0.3 is 5.97 Å². The van der Waals surface area contributed by atoms with Gasteiger partial charge < -0.3 is 9.64 Å². The van der Waals surface area contributed by atoms with Gasteiger partial charge in [0.25, 0.3) is 17.0 Å². The maximum absolute atomic E-state index is 12.9. The van der Waals surface area contributed by atoms with Gasteiger partial charge in [0.15, 0.2) is 6.04 Å². The fraction of sp³-hybridized carbons (Fsp3) is 0.562. The van der Waals surface area contributed by atoms with E-state index in [4.69, 9.17) is 4.74 Å². The van der Waals surface area contributed by atoms with Crippen LogP contribution in [0.25, 0.3) is 0 Å². The molecule has 0 saturated carbocycles. The van der Waals surface area contributed by atoms with Crippen LogP contribution in [0.15, 0.2) is 28.8 Å². The third-order valence-corrected chi connectivity index (χ3v) is 6.61. The first-order valence-electron chi connectivity index (χ1n) is 8.76. The zero-order valence-corrected chi connectivity index (χ0v) is 17.6. The molecule has 0 radical (unpaired) electrons. The van der Waals surface area contributed by atoms with Crippen molar-refractivity contribution in [3.05, 3.63) is 39.3 Å². The molecule has 0 bridgehead atoms. The fourth-order valence-corrected chi connectivity index (χ4v) is 4.93. The molecule has 0 aliphatic carbocycles. The van der Waals surface area contributed by atoms with Gasteiger partial charge in [-0.2, -0.15) is 0 Å². The van der Waals surface area contributed by atoms with Gasteiger partial charge in [-0.15, -0.1) is 4.91 Å². The molecule has 13 heteroatoms. The Morgan fingerprint density at radius 3 is 2.48 bits per heavy atom. The number of nitrogens with zero attached hydrogens (tertiary/aromatic N) is 4. The number of piperidine rings is 1. The fourth-order valence-electron chi connectivity index (χ4n) is 3.28. The van der Waals surface area contributed by atoms with Crippen molar-refractivity contribution >= 4 is 40.6 Å². The van der Waals surface area contributed by atoms with E-state index in [2.05, 4.69) is 4.58 Å². The van der Waals surface area contributed by atoms with Gasteiger partial charge in [-0.25, -0.2) is 9.00 Å². The van der Waals surface area contributed by atoms with Gasteiger partial charge in [-0.1, -0.05) is 0 Å². The summed E-state index contributed by atoms with van der Waals surface area (Å²) in [7, 11) is 1.89. The van der Waals surface area contributed by atoms with Gasteiger partial charge in [0, 0.05) is 28.7 Å². The molecule has 0 amide bonds. The summed E-state index contributed by atoms with van der Waals surface area (Å²) in [5.41, 5.74) is -0.0951. The number of likely N-dealkylation sites (tertiary alicyclic amines) is 1. The van der Waals surface area contributed by atoms with Crippen LogP contribution in [0.3, 0.4) is 0 Å². The van der Waals surface area contributed by atoms with Crippen LogP contribution < -0.4 is 4.31 Å². The van der Waals surface area contributed by atoms with Crippen LogP contribution in [-0.2, 0) is 20.8 Å². The zero-order valence-electron chi connectivity index (χ0n) is 15.9. The molecule has 1 heterocycles. The lowest BCUT2D eigenvalue weighted by Crippen LogP contribution is -2.60. The van der Waals surface area contributed by atoms with Crippen LogP contribution in [0.4, 0.5) is 11.4 Å².